The highest BCUT2D eigenvalue weighted by molar-refractivity contribution is 6.08. The lowest BCUT2D eigenvalue weighted by atomic mass is 9.61. The van der Waals surface area contributed by atoms with Crippen molar-refractivity contribution in [3.05, 3.63) is 0 Å². The van der Waals surface area contributed by atoms with Gasteiger partial charge in [-0.1, -0.05) is 41.5 Å². The molecule has 0 bridgehead atoms. The number of urea groups is 2. The molecule has 0 aromatic heterocycles. The summed E-state index contributed by atoms with van der Waals surface area (Å²) in [6.07, 6.45) is 4.35. The highest BCUT2D eigenvalue weighted by atomic mass is 16.5. The summed E-state index contributed by atoms with van der Waals surface area (Å²) in [4.78, 5) is 56.5. The molecule has 244 valence electrons. The monoisotopic (exact) mass is 604 g/mol. The van der Waals surface area contributed by atoms with Crippen molar-refractivity contribution in [2.45, 2.75) is 141 Å². The van der Waals surface area contributed by atoms with Gasteiger partial charge in [0.2, 0.25) is 0 Å². The van der Waals surface area contributed by atoms with Gasteiger partial charge in [0.05, 0.1) is 26.3 Å². The number of hydrogen-bond acceptors (Lipinski definition) is 7. The Bertz CT molecular complexity index is 1070. The summed E-state index contributed by atoms with van der Waals surface area (Å²) >= 11 is 0. The van der Waals surface area contributed by atoms with Crippen molar-refractivity contribution in [3.63, 3.8) is 0 Å². The van der Waals surface area contributed by atoms with E-state index in [-0.39, 0.29) is 72.1 Å². The first-order valence-corrected chi connectivity index (χ1v) is 16.4. The lowest BCUT2D eigenvalue weighted by molar-refractivity contribution is -0.139. The maximum atomic E-state index is 13.9. The molecule has 4 saturated heterocycles. The van der Waals surface area contributed by atoms with Gasteiger partial charge in [-0.3, -0.25) is 19.4 Å². The van der Waals surface area contributed by atoms with Gasteiger partial charge < -0.3 is 26.0 Å². The van der Waals surface area contributed by atoms with E-state index in [9.17, 15) is 19.2 Å². The fourth-order valence-electron chi connectivity index (χ4n) is 8.46. The lowest BCUT2D eigenvalue weighted by Gasteiger charge is -2.56. The van der Waals surface area contributed by atoms with Crippen LogP contribution in [0.25, 0.3) is 0 Å². The minimum Gasteiger partial charge on any atom is -0.378 e. The zero-order valence-electron chi connectivity index (χ0n) is 28.2. The average molecular weight is 605 g/mol. The fourth-order valence-corrected chi connectivity index (χ4v) is 8.46. The van der Waals surface area contributed by atoms with E-state index in [4.69, 9.17) is 4.74 Å². The van der Waals surface area contributed by atoms with Gasteiger partial charge in [-0.15, -0.1) is 0 Å². The highest BCUT2D eigenvalue weighted by Crippen LogP contribution is 2.47. The van der Waals surface area contributed by atoms with Gasteiger partial charge in [-0.25, -0.2) is 9.59 Å². The van der Waals surface area contributed by atoms with Crippen LogP contribution >= 0.6 is 0 Å². The number of carbonyl (C=O) groups is 4. The summed E-state index contributed by atoms with van der Waals surface area (Å²) in [5.74, 6) is -0.632. The van der Waals surface area contributed by atoms with Crippen LogP contribution in [0.3, 0.4) is 0 Å². The van der Waals surface area contributed by atoms with E-state index in [2.05, 4.69) is 76.7 Å². The second-order valence-corrected chi connectivity index (χ2v) is 14.7. The second-order valence-electron chi connectivity index (χ2n) is 14.7. The molecule has 4 rings (SSSR count). The predicted molar refractivity (Wildman–Crippen MR) is 165 cm³/mol. The summed E-state index contributed by atoms with van der Waals surface area (Å²) in [5.41, 5.74) is -3.15. The number of carbonyl (C=O) groups excluding carboxylic acids is 4. The van der Waals surface area contributed by atoms with Gasteiger partial charge >= 0.3 is 12.1 Å². The standard InChI is InChI=1S/C32H56N6O5/c1-11-27(7)19-31(21(5)29(9,13-3)35-27)23(39)37(25(41)33-31)15-17-43-18-16-38-24(40)32(34-26(38)42)20-28(8,12-2)36-30(10,14-4)22(32)6/h21-22,35-36H,11-20H2,1-10H3,(H,33,41)(H,34,42). The number of ether oxygens (including phenoxy) is 1. The van der Waals surface area contributed by atoms with Crippen molar-refractivity contribution in [2.75, 3.05) is 26.3 Å². The quantitative estimate of drug-likeness (QED) is 0.222. The van der Waals surface area contributed by atoms with Crippen molar-refractivity contribution in [3.8, 4) is 0 Å². The molecule has 11 nitrogen and oxygen atoms in total. The van der Waals surface area contributed by atoms with Crippen LogP contribution in [0.15, 0.2) is 0 Å². The van der Waals surface area contributed by atoms with E-state index in [0.29, 0.717) is 12.8 Å². The second kappa shape index (κ2) is 11.3. The van der Waals surface area contributed by atoms with E-state index >= 15 is 0 Å². The molecular formula is C32H56N6O5. The molecule has 43 heavy (non-hydrogen) atoms. The number of hydrogen-bond donors (Lipinski definition) is 4. The lowest BCUT2D eigenvalue weighted by Crippen LogP contribution is -2.74. The van der Waals surface area contributed by atoms with E-state index in [1.54, 1.807) is 0 Å². The smallest absolute Gasteiger partial charge is 0.325 e. The van der Waals surface area contributed by atoms with Crippen LogP contribution in [0.2, 0.25) is 0 Å². The Morgan fingerprint density at radius 2 is 1.00 bits per heavy atom. The van der Waals surface area contributed by atoms with Crippen LogP contribution in [0.1, 0.15) is 108 Å². The maximum Gasteiger partial charge on any atom is 0.325 e. The molecule has 0 aromatic rings. The Labute approximate surface area is 258 Å². The van der Waals surface area contributed by atoms with Crippen LogP contribution in [0, 0.1) is 11.8 Å². The maximum absolute atomic E-state index is 13.9. The Morgan fingerprint density at radius 3 is 1.30 bits per heavy atom. The van der Waals surface area contributed by atoms with Crippen molar-refractivity contribution in [1.82, 2.24) is 31.1 Å². The first kappa shape index (κ1) is 33.6. The molecular weight excluding hydrogens is 548 g/mol. The molecule has 6 amide bonds. The molecule has 0 saturated carbocycles. The zero-order chi connectivity index (χ0) is 32.2. The first-order chi connectivity index (χ1) is 19.9. The molecule has 4 heterocycles. The van der Waals surface area contributed by atoms with Crippen LogP contribution in [0.5, 0.6) is 0 Å². The third-order valence-corrected chi connectivity index (χ3v) is 12.3. The minimum atomic E-state index is -0.974. The molecule has 4 fully saturated rings. The SMILES string of the molecule is CCC1(C)CC2(NC(=O)N(CCOCCN3C(=O)NC4(CC(C)(CC)NC(C)(CC)C4C)C3=O)C2=O)C(C)C(C)(CC)N1. The fraction of sp³-hybridized carbons (Fsp3) is 0.875. The van der Waals surface area contributed by atoms with Crippen molar-refractivity contribution >= 4 is 23.9 Å². The number of nitrogens with one attached hydrogen (secondary N) is 4. The van der Waals surface area contributed by atoms with Crippen molar-refractivity contribution < 1.29 is 23.9 Å². The summed E-state index contributed by atoms with van der Waals surface area (Å²) < 4.78 is 5.83. The van der Waals surface area contributed by atoms with Gasteiger partial charge in [-0.05, 0) is 66.2 Å². The molecule has 4 N–H and O–H groups in total. The normalized spacial score (nSPS) is 43.2. The Balaban J connectivity index is 1.38. The zero-order valence-corrected chi connectivity index (χ0v) is 28.2. The average Bonchev–Trinajstić information content (AvgIpc) is 3.33. The van der Waals surface area contributed by atoms with Crippen molar-refractivity contribution in [2.24, 2.45) is 11.8 Å². The molecule has 4 aliphatic heterocycles. The summed E-state index contributed by atoms with van der Waals surface area (Å²) in [6, 6.07) is -0.790. The number of nitrogens with zero attached hydrogens (tertiary/aromatic N) is 2. The topological polar surface area (TPSA) is 132 Å². The van der Waals surface area contributed by atoms with Crippen LogP contribution in [0.4, 0.5) is 9.59 Å². The van der Waals surface area contributed by atoms with Gasteiger partial charge in [0.1, 0.15) is 11.1 Å². The molecule has 0 aliphatic carbocycles. The highest BCUT2D eigenvalue weighted by Gasteiger charge is 2.65. The predicted octanol–water partition coefficient (Wildman–Crippen LogP) is 3.52. The molecule has 2 spiro atoms. The van der Waals surface area contributed by atoms with Crippen LogP contribution in [-0.2, 0) is 14.3 Å². The molecule has 8 atom stereocenters. The summed E-state index contributed by atoms with van der Waals surface area (Å²) in [7, 11) is 0. The molecule has 8 unspecified atom stereocenters. The van der Waals surface area contributed by atoms with E-state index in [1.807, 2.05) is 13.8 Å². The van der Waals surface area contributed by atoms with Crippen LogP contribution < -0.4 is 21.3 Å². The van der Waals surface area contributed by atoms with E-state index in [1.165, 1.54) is 9.80 Å². The first-order valence-electron chi connectivity index (χ1n) is 16.4. The third-order valence-electron chi connectivity index (χ3n) is 12.3. The molecule has 4 aliphatic rings. The van der Waals surface area contributed by atoms with Crippen molar-refractivity contribution in [1.29, 1.82) is 0 Å². The Hall–Kier alpha value is -2.24. The third kappa shape index (κ3) is 5.27. The molecule has 11 heteroatoms. The minimum absolute atomic E-state index is 0.106. The van der Waals surface area contributed by atoms with Gasteiger partial charge in [-0.2, -0.15) is 0 Å². The number of imide groups is 2. The Morgan fingerprint density at radius 1 is 0.651 bits per heavy atom. The van der Waals surface area contributed by atoms with E-state index in [0.717, 1.165) is 25.7 Å². The largest absolute Gasteiger partial charge is 0.378 e. The summed E-state index contributed by atoms with van der Waals surface area (Å²) in [6.45, 7) is 21.5. The van der Waals surface area contributed by atoms with E-state index < -0.39 is 23.1 Å². The molecule has 0 aromatic carbocycles. The molecule has 0 radical (unpaired) electrons. The number of piperidine rings is 2. The van der Waals surface area contributed by atoms with Gasteiger partial charge in [0, 0.05) is 34.0 Å². The van der Waals surface area contributed by atoms with Gasteiger partial charge in [0.15, 0.2) is 0 Å². The van der Waals surface area contributed by atoms with Gasteiger partial charge in [0.25, 0.3) is 11.8 Å². The number of amides is 6. The van der Waals surface area contributed by atoms with Crippen LogP contribution in [-0.4, -0.2) is 93.2 Å². The summed E-state index contributed by atoms with van der Waals surface area (Å²) in [5, 5.41) is 13.7. The number of rotatable bonds is 10. The Kier molecular flexibility index (Phi) is 8.83.